The maximum Gasteiger partial charge on any atom is 0.287 e. The first kappa shape index (κ1) is 12.4. The van der Waals surface area contributed by atoms with Gasteiger partial charge in [0, 0.05) is 17.8 Å². The van der Waals surface area contributed by atoms with Gasteiger partial charge in [0.25, 0.3) is 5.69 Å². The standard InChI is InChI=1S/C13H15N3O2/c1-9-2-3-11(6-9)15-12-4-5-13(16(17)18)10(7-12)8-14/h4-5,7,9,11,15H,2-3,6H2,1H3. The highest BCUT2D eigenvalue weighted by Gasteiger charge is 2.21. The average molecular weight is 245 g/mol. The topological polar surface area (TPSA) is 79.0 Å². The molecule has 1 saturated carbocycles. The second-order valence-corrected chi connectivity index (χ2v) is 4.86. The van der Waals surface area contributed by atoms with Gasteiger partial charge in [-0.05, 0) is 37.3 Å². The predicted octanol–water partition coefficient (Wildman–Crippen LogP) is 3.07. The Labute approximate surface area is 106 Å². The van der Waals surface area contributed by atoms with Gasteiger partial charge in [0.15, 0.2) is 0 Å². The molecule has 94 valence electrons. The highest BCUT2D eigenvalue weighted by atomic mass is 16.6. The minimum atomic E-state index is -0.528. The molecule has 1 N–H and O–H groups in total. The minimum Gasteiger partial charge on any atom is -0.382 e. The number of hydrogen-bond donors (Lipinski definition) is 1. The molecule has 0 spiro atoms. The molecule has 2 unspecified atom stereocenters. The molecule has 2 atom stereocenters. The van der Waals surface area contributed by atoms with Gasteiger partial charge in [-0.25, -0.2) is 0 Å². The average Bonchev–Trinajstić information content (AvgIpc) is 2.74. The third-order valence-electron chi connectivity index (χ3n) is 3.38. The van der Waals surface area contributed by atoms with Crippen molar-refractivity contribution in [2.24, 2.45) is 5.92 Å². The lowest BCUT2D eigenvalue weighted by Gasteiger charge is -2.14. The lowest BCUT2D eigenvalue weighted by atomic mass is 10.1. The number of anilines is 1. The van der Waals surface area contributed by atoms with Crippen LogP contribution >= 0.6 is 0 Å². The molecule has 0 saturated heterocycles. The summed E-state index contributed by atoms with van der Waals surface area (Å²) in [6.07, 6.45) is 3.43. The predicted molar refractivity (Wildman–Crippen MR) is 68.2 cm³/mol. The van der Waals surface area contributed by atoms with Gasteiger partial charge in [-0.2, -0.15) is 5.26 Å². The van der Waals surface area contributed by atoms with Crippen molar-refractivity contribution < 1.29 is 4.92 Å². The van der Waals surface area contributed by atoms with Crippen molar-refractivity contribution in [3.8, 4) is 6.07 Å². The molecule has 0 amide bonds. The van der Waals surface area contributed by atoms with Gasteiger partial charge in [-0.3, -0.25) is 10.1 Å². The van der Waals surface area contributed by atoms with Gasteiger partial charge >= 0.3 is 0 Å². The van der Waals surface area contributed by atoms with Crippen LogP contribution in [0.15, 0.2) is 18.2 Å². The number of nitro benzene ring substituents is 1. The van der Waals surface area contributed by atoms with E-state index in [1.54, 1.807) is 12.1 Å². The van der Waals surface area contributed by atoms with Gasteiger partial charge < -0.3 is 5.32 Å². The van der Waals surface area contributed by atoms with E-state index in [1.165, 1.54) is 12.5 Å². The van der Waals surface area contributed by atoms with Gasteiger partial charge in [0.05, 0.1) is 4.92 Å². The maximum absolute atomic E-state index is 10.7. The number of nitriles is 1. The molecule has 1 aliphatic rings. The fraction of sp³-hybridized carbons (Fsp3) is 0.462. The summed E-state index contributed by atoms with van der Waals surface area (Å²) in [5.74, 6) is 0.719. The van der Waals surface area contributed by atoms with E-state index in [4.69, 9.17) is 5.26 Å². The van der Waals surface area contributed by atoms with Crippen molar-refractivity contribution in [2.75, 3.05) is 5.32 Å². The van der Waals surface area contributed by atoms with Crippen molar-refractivity contribution >= 4 is 11.4 Å². The fourth-order valence-corrected chi connectivity index (χ4v) is 2.45. The zero-order chi connectivity index (χ0) is 13.1. The van der Waals surface area contributed by atoms with Crippen LogP contribution in [0.4, 0.5) is 11.4 Å². The molecule has 0 aliphatic heterocycles. The van der Waals surface area contributed by atoms with Gasteiger partial charge in [0.2, 0.25) is 0 Å². The van der Waals surface area contributed by atoms with Crippen molar-refractivity contribution in [2.45, 2.75) is 32.2 Å². The lowest BCUT2D eigenvalue weighted by Crippen LogP contribution is -2.15. The molecule has 2 rings (SSSR count). The molecular formula is C13H15N3O2. The van der Waals surface area contributed by atoms with Crippen molar-refractivity contribution in [1.82, 2.24) is 0 Å². The molecule has 0 radical (unpaired) electrons. The minimum absolute atomic E-state index is 0.107. The summed E-state index contributed by atoms with van der Waals surface area (Å²) in [6.45, 7) is 2.22. The molecule has 1 aromatic carbocycles. The van der Waals surface area contributed by atoms with Crippen LogP contribution < -0.4 is 5.32 Å². The Balaban J connectivity index is 2.15. The molecule has 18 heavy (non-hydrogen) atoms. The zero-order valence-corrected chi connectivity index (χ0v) is 10.2. The zero-order valence-electron chi connectivity index (χ0n) is 10.2. The van der Waals surface area contributed by atoms with Crippen molar-refractivity contribution in [1.29, 1.82) is 5.26 Å². The summed E-state index contributed by atoms with van der Waals surface area (Å²) < 4.78 is 0. The number of nitrogens with zero attached hydrogens (tertiary/aromatic N) is 2. The van der Waals surface area contributed by atoms with E-state index in [9.17, 15) is 10.1 Å². The lowest BCUT2D eigenvalue weighted by molar-refractivity contribution is -0.385. The van der Waals surface area contributed by atoms with Gasteiger partial charge in [-0.15, -0.1) is 0 Å². The van der Waals surface area contributed by atoms with Crippen LogP contribution in [0.1, 0.15) is 31.7 Å². The summed E-state index contributed by atoms with van der Waals surface area (Å²) in [7, 11) is 0. The quantitative estimate of drug-likeness (QED) is 0.655. The second kappa shape index (κ2) is 5.05. The first-order valence-electron chi connectivity index (χ1n) is 6.05. The van der Waals surface area contributed by atoms with E-state index in [0.29, 0.717) is 6.04 Å². The summed E-state index contributed by atoms with van der Waals surface area (Å²) in [4.78, 5) is 10.2. The number of hydrogen-bond acceptors (Lipinski definition) is 4. The van der Waals surface area contributed by atoms with E-state index in [-0.39, 0.29) is 11.3 Å². The van der Waals surface area contributed by atoms with Gasteiger partial charge in [-0.1, -0.05) is 6.92 Å². The van der Waals surface area contributed by atoms with Crippen molar-refractivity contribution in [3.63, 3.8) is 0 Å². The van der Waals surface area contributed by atoms with Crippen LogP contribution in [0.25, 0.3) is 0 Å². The highest BCUT2D eigenvalue weighted by Crippen LogP contribution is 2.29. The molecule has 1 aromatic rings. The Morgan fingerprint density at radius 1 is 1.50 bits per heavy atom. The normalized spacial score (nSPS) is 22.4. The van der Waals surface area contributed by atoms with E-state index < -0.39 is 4.92 Å². The smallest absolute Gasteiger partial charge is 0.287 e. The number of rotatable bonds is 3. The third kappa shape index (κ3) is 2.59. The van der Waals surface area contributed by atoms with Crippen LogP contribution in [0.2, 0.25) is 0 Å². The Kier molecular flexibility index (Phi) is 3.47. The highest BCUT2D eigenvalue weighted by molar-refractivity contribution is 5.59. The van der Waals surface area contributed by atoms with Crippen LogP contribution in [-0.2, 0) is 0 Å². The molecule has 5 heteroatoms. The third-order valence-corrected chi connectivity index (χ3v) is 3.38. The monoisotopic (exact) mass is 245 g/mol. The summed E-state index contributed by atoms with van der Waals surface area (Å²) in [5, 5.41) is 23.0. The van der Waals surface area contributed by atoms with Crippen LogP contribution in [-0.4, -0.2) is 11.0 Å². The van der Waals surface area contributed by atoms with Crippen LogP contribution in [0, 0.1) is 27.4 Å². The van der Waals surface area contributed by atoms with Crippen LogP contribution in [0.5, 0.6) is 0 Å². The SMILES string of the molecule is CC1CCC(Nc2ccc([N+](=O)[O-])c(C#N)c2)C1. The Morgan fingerprint density at radius 3 is 2.83 bits per heavy atom. The Hall–Kier alpha value is -2.09. The first-order chi connectivity index (χ1) is 8.60. The largest absolute Gasteiger partial charge is 0.382 e. The van der Waals surface area contributed by atoms with Crippen LogP contribution in [0.3, 0.4) is 0 Å². The van der Waals surface area contributed by atoms with E-state index in [2.05, 4.69) is 12.2 Å². The molecule has 5 nitrogen and oxygen atoms in total. The maximum atomic E-state index is 10.7. The number of benzene rings is 1. The number of nitrogens with one attached hydrogen (secondary N) is 1. The summed E-state index contributed by atoms with van der Waals surface area (Å²) in [5.41, 5.74) is 0.759. The van der Waals surface area contributed by atoms with E-state index in [1.807, 2.05) is 6.07 Å². The molecule has 1 aliphatic carbocycles. The Morgan fingerprint density at radius 2 is 2.28 bits per heavy atom. The second-order valence-electron chi connectivity index (χ2n) is 4.86. The van der Waals surface area contributed by atoms with Gasteiger partial charge in [0.1, 0.15) is 11.6 Å². The summed E-state index contributed by atoms with van der Waals surface area (Å²) >= 11 is 0. The molecule has 0 aromatic heterocycles. The van der Waals surface area contributed by atoms with E-state index >= 15 is 0 Å². The first-order valence-corrected chi connectivity index (χ1v) is 6.05. The molecule has 1 fully saturated rings. The van der Waals surface area contributed by atoms with Crippen molar-refractivity contribution in [3.05, 3.63) is 33.9 Å². The number of nitro groups is 1. The van der Waals surface area contributed by atoms with E-state index in [0.717, 1.165) is 24.4 Å². The molecular weight excluding hydrogens is 230 g/mol. The molecule has 0 heterocycles. The summed E-state index contributed by atoms with van der Waals surface area (Å²) in [6, 6.07) is 6.89. The molecule has 0 bridgehead atoms. The fourth-order valence-electron chi connectivity index (χ4n) is 2.45. The Bertz CT molecular complexity index is 507.